The second-order valence-corrected chi connectivity index (χ2v) is 5.91. The molecule has 0 radical (unpaired) electrons. The molecule has 0 spiro atoms. The number of carbonyl (C=O) groups is 1. The summed E-state index contributed by atoms with van der Waals surface area (Å²) in [4.78, 5) is 13.4. The van der Waals surface area contributed by atoms with Crippen molar-refractivity contribution in [2.75, 3.05) is 11.4 Å². The van der Waals surface area contributed by atoms with E-state index in [-0.39, 0.29) is 0 Å². The fraction of sp³-hybridized carbons (Fsp3) is 0.188. The molecule has 1 N–H and O–H groups in total. The van der Waals surface area contributed by atoms with E-state index in [1.807, 2.05) is 35.2 Å². The molecular formula is C16H13Cl2NO2. The summed E-state index contributed by atoms with van der Waals surface area (Å²) >= 11 is 12.1. The highest BCUT2D eigenvalue weighted by atomic mass is 35.5. The van der Waals surface area contributed by atoms with Gasteiger partial charge < -0.3 is 10.0 Å². The molecule has 1 unspecified atom stereocenters. The maximum atomic E-state index is 11.4. The molecular weight excluding hydrogens is 309 g/mol. The number of nitrogens with zero attached hydrogens (tertiary/aromatic N) is 1. The Hall–Kier alpha value is -1.71. The Balaban J connectivity index is 1.92. The van der Waals surface area contributed by atoms with Crippen LogP contribution in [0, 0.1) is 0 Å². The van der Waals surface area contributed by atoms with Gasteiger partial charge in [-0.25, -0.2) is 0 Å². The normalized spacial score (nSPS) is 16.9. The summed E-state index contributed by atoms with van der Waals surface area (Å²) in [5.74, 6) is -1.29. The van der Waals surface area contributed by atoms with Gasteiger partial charge in [0, 0.05) is 28.8 Å². The molecule has 0 saturated heterocycles. The third-order valence-electron chi connectivity index (χ3n) is 3.73. The highest BCUT2D eigenvalue weighted by Gasteiger charge is 2.33. The zero-order chi connectivity index (χ0) is 15.0. The van der Waals surface area contributed by atoms with Crippen molar-refractivity contribution in [3.63, 3.8) is 0 Å². The van der Waals surface area contributed by atoms with Gasteiger partial charge >= 0.3 is 5.97 Å². The van der Waals surface area contributed by atoms with E-state index < -0.39 is 11.9 Å². The molecule has 5 heteroatoms. The molecule has 0 fully saturated rings. The van der Waals surface area contributed by atoms with Crippen molar-refractivity contribution in [1.29, 1.82) is 0 Å². The summed E-state index contributed by atoms with van der Waals surface area (Å²) < 4.78 is 0. The zero-order valence-electron chi connectivity index (χ0n) is 11.1. The average molecular weight is 322 g/mol. The number of carboxylic acids is 1. The average Bonchev–Trinajstić information content (AvgIpc) is 2.81. The van der Waals surface area contributed by atoms with E-state index in [0.717, 1.165) is 16.8 Å². The van der Waals surface area contributed by atoms with Crippen LogP contribution in [0.2, 0.25) is 10.0 Å². The van der Waals surface area contributed by atoms with Crippen LogP contribution < -0.4 is 4.90 Å². The molecule has 1 atom stereocenters. The molecule has 0 aliphatic carbocycles. The number of para-hydroxylation sites is 1. The van der Waals surface area contributed by atoms with Crippen LogP contribution in [0.3, 0.4) is 0 Å². The first kappa shape index (κ1) is 14.2. The third kappa shape index (κ3) is 2.71. The second kappa shape index (κ2) is 5.58. The summed E-state index contributed by atoms with van der Waals surface area (Å²) in [6.07, 6.45) is 0. The van der Waals surface area contributed by atoms with Crippen LogP contribution in [-0.4, -0.2) is 17.6 Å². The van der Waals surface area contributed by atoms with E-state index >= 15 is 0 Å². The van der Waals surface area contributed by atoms with Crippen molar-refractivity contribution in [3.05, 3.63) is 63.6 Å². The van der Waals surface area contributed by atoms with E-state index in [0.29, 0.717) is 23.1 Å². The Bertz CT molecular complexity index is 702. The molecule has 1 aliphatic heterocycles. The topological polar surface area (TPSA) is 40.5 Å². The predicted molar refractivity (Wildman–Crippen MR) is 84.3 cm³/mol. The van der Waals surface area contributed by atoms with Gasteiger partial charge in [0.15, 0.2) is 0 Å². The number of fused-ring (bicyclic) bond motifs is 1. The Morgan fingerprint density at radius 2 is 2.00 bits per heavy atom. The summed E-state index contributed by atoms with van der Waals surface area (Å²) in [6, 6.07) is 13.0. The Labute approximate surface area is 132 Å². The molecule has 21 heavy (non-hydrogen) atoms. The van der Waals surface area contributed by atoms with Crippen molar-refractivity contribution >= 4 is 34.9 Å². The van der Waals surface area contributed by atoms with Crippen molar-refractivity contribution < 1.29 is 9.90 Å². The zero-order valence-corrected chi connectivity index (χ0v) is 12.6. The standard InChI is InChI=1S/C16H13Cl2NO2/c17-11-6-5-10(14(18)7-11)8-19-9-13(16(20)21)12-3-1-2-4-15(12)19/h1-7,13H,8-9H2,(H,20,21). The first-order chi connectivity index (χ1) is 10.1. The Morgan fingerprint density at radius 1 is 1.24 bits per heavy atom. The van der Waals surface area contributed by atoms with Crippen molar-refractivity contribution in [3.8, 4) is 0 Å². The van der Waals surface area contributed by atoms with Gasteiger partial charge in [-0.05, 0) is 29.3 Å². The SMILES string of the molecule is O=C(O)C1CN(Cc2ccc(Cl)cc2Cl)c2ccccc21. The van der Waals surface area contributed by atoms with Crippen molar-refractivity contribution in [2.45, 2.75) is 12.5 Å². The number of hydrogen-bond acceptors (Lipinski definition) is 2. The van der Waals surface area contributed by atoms with Gasteiger partial charge in [0.2, 0.25) is 0 Å². The Morgan fingerprint density at radius 3 is 2.71 bits per heavy atom. The van der Waals surface area contributed by atoms with Crippen molar-refractivity contribution in [1.82, 2.24) is 0 Å². The summed E-state index contributed by atoms with van der Waals surface area (Å²) in [7, 11) is 0. The molecule has 3 nitrogen and oxygen atoms in total. The first-order valence-corrected chi connectivity index (χ1v) is 7.32. The maximum absolute atomic E-state index is 11.4. The van der Waals surface area contributed by atoms with Crippen LogP contribution in [0.1, 0.15) is 17.0 Å². The smallest absolute Gasteiger partial charge is 0.312 e. The monoisotopic (exact) mass is 321 g/mol. The van der Waals surface area contributed by atoms with E-state index in [9.17, 15) is 9.90 Å². The van der Waals surface area contributed by atoms with E-state index in [1.54, 1.807) is 12.1 Å². The number of benzene rings is 2. The lowest BCUT2D eigenvalue weighted by Gasteiger charge is -2.20. The predicted octanol–water partition coefficient (Wildman–Crippen LogP) is 4.18. The number of rotatable bonds is 3. The lowest BCUT2D eigenvalue weighted by atomic mass is 10.0. The summed E-state index contributed by atoms with van der Waals surface area (Å²) in [5, 5.41) is 10.6. The van der Waals surface area contributed by atoms with Crippen LogP contribution in [-0.2, 0) is 11.3 Å². The molecule has 3 rings (SSSR count). The van der Waals surface area contributed by atoms with Gasteiger partial charge in [0.1, 0.15) is 5.92 Å². The van der Waals surface area contributed by atoms with Crippen LogP contribution in [0.4, 0.5) is 5.69 Å². The first-order valence-electron chi connectivity index (χ1n) is 6.57. The number of carboxylic acid groups (broad SMARTS) is 1. The third-order valence-corrected chi connectivity index (χ3v) is 4.32. The summed E-state index contributed by atoms with van der Waals surface area (Å²) in [5.41, 5.74) is 2.74. The van der Waals surface area contributed by atoms with Crippen LogP contribution >= 0.6 is 23.2 Å². The highest BCUT2D eigenvalue weighted by Crippen LogP contribution is 2.37. The van der Waals surface area contributed by atoms with E-state index in [1.165, 1.54) is 0 Å². The van der Waals surface area contributed by atoms with E-state index in [4.69, 9.17) is 23.2 Å². The van der Waals surface area contributed by atoms with Crippen LogP contribution in [0.15, 0.2) is 42.5 Å². The minimum absolute atomic E-state index is 0.452. The molecule has 0 aromatic heterocycles. The molecule has 2 aromatic rings. The second-order valence-electron chi connectivity index (χ2n) is 5.07. The fourth-order valence-electron chi connectivity index (χ4n) is 2.70. The lowest BCUT2D eigenvalue weighted by molar-refractivity contribution is -0.138. The van der Waals surface area contributed by atoms with Gasteiger partial charge in [-0.15, -0.1) is 0 Å². The molecule has 1 aliphatic rings. The van der Waals surface area contributed by atoms with Gasteiger partial charge in [-0.2, -0.15) is 0 Å². The molecule has 2 aromatic carbocycles. The fourth-order valence-corrected chi connectivity index (χ4v) is 3.17. The molecule has 1 heterocycles. The van der Waals surface area contributed by atoms with Gasteiger partial charge in [0.25, 0.3) is 0 Å². The minimum atomic E-state index is -0.799. The van der Waals surface area contributed by atoms with Gasteiger partial charge in [-0.3, -0.25) is 4.79 Å². The molecule has 0 amide bonds. The highest BCUT2D eigenvalue weighted by molar-refractivity contribution is 6.35. The number of halogens is 2. The van der Waals surface area contributed by atoms with Gasteiger partial charge in [0.05, 0.1) is 0 Å². The van der Waals surface area contributed by atoms with Crippen molar-refractivity contribution in [2.24, 2.45) is 0 Å². The maximum Gasteiger partial charge on any atom is 0.312 e. The number of hydrogen-bond donors (Lipinski definition) is 1. The lowest BCUT2D eigenvalue weighted by Crippen LogP contribution is -2.24. The summed E-state index contributed by atoms with van der Waals surface area (Å²) in [6.45, 7) is 1.02. The quantitative estimate of drug-likeness (QED) is 0.921. The number of anilines is 1. The molecule has 108 valence electrons. The van der Waals surface area contributed by atoms with E-state index in [2.05, 4.69) is 0 Å². The van der Waals surface area contributed by atoms with Gasteiger partial charge in [-0.1, -0.05) is 47.5 Å². The van der Waals surface area contributed by atoms with Crippen LogP contribution in [0.25, 0.3) is 0 Å². The largest absolute Gasteiger partial charge is 0.481 e. The Kier molecular flexibility index (Phi) is 3.79. The number of aliphatic carboxylic acids is 1. The molecule has 0 bridgehead atoms. The van der Waals surface area contributed by atoms with Crippen LogP contribution in [0.5, 0.6) is 0 Å². The minimum Gasteiger partial charge on any atom is -0.481 e. The molecule has 0 saturated carbocycles.